The summed E-state index contributed by atoms with van der Waals surface area (Å²) in [6.45, 7) is 2.93. The van der Waals surface area contributed by atoms with Gasteiger partial charge in [-0.2, -0.15) is 0 Å². The minimum absolute atomic E-state index is 0.143. The van der Waals surface area contributed by atoms with Crippen molar-refractivity contribution in [3.05, 3.63) is 56.9 Å². The topological polar surface area (TPSA) is 48.0 Å². The number of carbonyl (C=O) groups is 1. The van der Waals surface area contributed by atoms with Crippen LogP contribution in [-0.4, -0.2) is 42.0 Å². The second-order valence-corrected chi connectivity index (χ2v) is 8.63. The van der Waals surface area contributed by atoms with E-state index in [2.05, 4.69) is 0 Å². The molecule has 1 heterocycles. The number of thioether (sulfide) groups is 1. The van der Waals surface area contributed by atoms with Crippen LogP contribution in [0, 0.1) is 0 Å². The molecular weight excluding hydrogens is 465 g/mol. The van der Waals surface area contributed by atoms with E-state index in [0.29, 0.717) is 55.2 Å². The Hall–Kier alpha value is -1.93. The van der Waals surface area contributed by atoms with Gasteiger partial charge in [0.15, 0.2) is 0 Å². The smallest absolute Gasteiger partial charge is 0.266 e. The quantitative estimate of drug-likeness (QED) is 0.273. The van der Waals surface area contributed by atoms with Crippen molar-refractivity contribution >= 4 is 63.5 Å². The van der Waals surface area contributed by atoms with E-state index in [0.717, 1.165) is 0 Å². The summed E-state index contributed by atoms with van der Waals surface area (Å²) in [5.41, 5.74) is 0.602. The summed E-state index contributed by atoms with van der Waals surface area (Å²) in [4.78, 5) is 14.6. The summed E-state index contributed by atoms with van der Waals surface area (Å²) in [7, 11) is 1.60. The highest BCUT2D eigenvalue weighted by Gasteiger charge is 2.31. The van der Waals surface area contributed by atoms with Crippen LogP contribution in [0.1, 0.15) is 12.5 Å². The zero-order valence-corrected chi connectivity index (χ0v) is 19.5. The molecular formula is C21H19Cl2NO4S2. The molecule has 0 spiro atoms. The van der Waals surface area contributed by atoms with Gasteiger partial charge in [-0.3, -0.25) is 9.69 Å². The molecule has 0 aromatic heterocycles. The molecule has 9 heteroatoms. The average Bonchev–Trinajstić information content (AvgIpc) is 2.99. The van der Waals surface area contributed by atoms with E-state index in [1.54, 1.807) is 36.3 Å². The van der Waals surface area contributed by atoms with Crippen molar-refractivity contribution in [2.45, 2.75) is 6.92 Å². The summed E-state index contributed by atoms with van der Waals surface area (Å²) in [6, 6.07) is 10.6. The average molecular weight is 484 g/mol. The monoisotopic (exact) mass is 483 g/mol. The highest BCUT2D eigenvalue weighted by Crippen LogP contribution is 2.38. The lowest BCUT2D eigenvalue weighted by Crippen LogP contribution is -2.27. The number of amides is 1. The van der Waals surface area contributed by atoms with Gasteiger partial charge in [-0.15, -0.1) is 0 Å². The molecule has 0 N–H and O–H groups in total. The molecule has 1 fully saturated rings. The Labute approximate surface area is 194 Å². The van der Waals surface area contributed by atoms with Crippen LogP contribution >= 0.6 is 47.2 Å². The molecule has 2 aromatic carbocycles. The van der Waals surface area contributed by atoms with Gasteiger partial charge < -0.3 is 14.2 Å². The number of hydrogen-bond donors (Lipinski definition) is 0. The minimum Gasteiger partial charge on any atom is -0.497 e. The number of halogens is 2. The number of likely N-dealkylation sites (N-methyl/N-ethyl adjacent to an activating group) is 1. The van der Waals surface area contributed by atoms with Crippen molar-refractivity contribution < 1.29 is 19.0 Å². The van der Waals surface area contributed by atoms with Gasteiger partial charge in [-0.25, -0.2) is 0 Å². The van der Waals surface area contributed by atoms with E-state index in [4.69, 9.17) is 49.6 Å². The molecule has 1 aliphatic heterocycles. The van der Waals surface area contributed by atoms with Gasteiger partial charge in [0.2, 0.25) is 0 Å². The molecule has 0 saturated carbocycles. The standard InChI is InChI=1S/C21H19Cl2NO4S2/c1-3-24-20(25)18(30-21(24)29)10-13-9-14(22)11-17(23)19(13)28-8-7-27-16-6-4-5-15(12-16)26-2/h4-6,9-12H,3,7-8H2,1-2H3/b18-10-. The van der Waals surface area contributed by atoms with Gasteiger partial charge in [0.05, 0.1) is 17.0 Å². The second-order valence-electron chi connectivity index (χ2n) is 6.11. The molecule has 0 aliphatic carbocycles. The lowest BCUT2D eigenvalue weighted by Gasteiger charge is -2.13. The van der Waals surface area contributed by atoms with Crippen LogP contribution in [0.4, 0.5) is 0 Å². The molecule has 1 amide bonds. The van der Waals surface area contributed by atoms with Crippen molar-refractivity contribution in [2.75, 3.05) is 26.9 Å². The number of thiocarbonyl (C=S) groups is 1. The summed E-state index contributed by atoms with van der Waals surface area (Å²) in [5.74, 6) is 1.66. The van der Waals surface area contributed by atoms with Crippen LogP contribution < -0.4 is 14.2 Å². The first kappa shape index (κ1) is 22.7. The second kappa shape index (κ2) is 10.4. The fourth-order valence-corrected chi connectivity index (χ4v) is 4.69. The van der Waals surface area contributed by atoms with Crippen LogP contribution in [0.2, 0.25) is 10.0 Å². The minimum atomic E-state index is -0.143. The molecule has 30 heavy (non-hydrogen) atoms. The van der Waals surface area contributed by atoms with Gasteiger partial charge in [0.25, 0.3) is 5.91 Å². The van der Waals surface area contributed by atoms with Gasteiger partial charge in [0, 0.05) is 23.2 Å². The molecule has 158 valence electrons. The fraction of sp³-hybridized carbons (Fsp3) is 0.238. The maximum Gasteiger partial charge on any atom is 0.266 e. The molecule has 0 radical (unpaired) electrons. The first-order chi connectivity index (χ1) is 14.4. The van der Waals surface area contributed by atoms with Crippen LogP contribution in [0.15, 0.2) is 41.3 Å². The zero-order chi connectivity index (χ0) is 21.7. The van der Waals surface area contributed by atoms with Gasteiger partial charge in [-0.05, 0) is 37.3 Å². The third kappa shape index (κ3) is 5.40. The number of carbonyl (C=O) groups excluding carboxylic acids is 1. The predicted molar refractivity (Wildman–Crippen MR) is 126 cm³/mol. The predicted octanol–water partition coefficient (Wildman–Crippen LogP) is 5.68. The third-order valence-corrected chi connectivity index (χ3v) is 6.03. The highest BCUT2D eigenvalue weighted by molar-refractivity contribution is 8.26. The molecule has 0 atom stereocenters. The molecule has 0 unspecified atom stereocenters. The van der Waals surface area contributed by atoms with Crippen molar-refractivity contribution in [2.24, 2.45) is 0 Å². The normalized spacial score (nSPS) is 15.1. The number of nitrogens with zero attached hydrogens (tertiary/aromatic N) is 1. The fourth-order valence-electron chi connectivity index (χ4n) is 2.75. The van der Waals surface area contributed by atoms with E-state index in [-0.39, 0.29) is 12.5 Å². The SMILES string of the molecule is CCN1C(=O)/C(=C/c2cc(Cl)cc(Cl)c2OCCOc2cccc(OC)c2)SC1=S. The highest BCUT2D eigenvalue weighted by atomic mass is 35.5. The van der Waals surface area contributed by atoms with Gasteiger partial charge in [-0.1, -0.05) is 53.2 Å². The number of hydrogen-bond acceptors (Lipinski definition) is 6. The largest absolute Gasteiger partial charge is 0.497 e. The molecule has 3 rings (SSSR count). The first-order valence-corrected chi connectivity index (χ1v) is 11.0. The Morgan fingerprint density at radius 2 is 1.87 bits per heavy atom. The maximum atomic E-state index is 12.5. The van der Waals surface area contributed by atoms with E-state index < -0.39 is 0 Å². The van der Waals surface area contributed by atoms with Crippen molar-refractivity contribution in [1.29, 1.82) is 0 Å². The van der Waals surface area contributed by atoms with Gasteiger partial charge >= 0.3 is 0 Å². The third-order valence-electron chi connectivity index (χ3n) is 4.15. The van der Waals surface area contributed by atoms with Gasteiger partial charge in [0.1, 0.15) is 34.8 Å². The van der Waals surface area contributed by atoms with Crippen LogP contribution in [-0.2, 0) is 4.79 Å². The van der Waals surface area contributed by atoms with E-state index >= 15 is 0 Å². The summed E-state index contributed by atoms with van der Waals surface area (Å²) >= 11 is 19.0. The molecule has 5 nitrogen and oxygen atoms in total. The Balaban J connectivity index is 1.73. The molecule has 1 saturated heterocycles. The lowest BCUT2D eigenvalue weighted by atomic mass is 10.1. The summed E-state index contributed by atoms with van der Waals surface area (Å²) in [5, 5.41) is 0.790. The maximum absolute atomic E-state index is 12.5. The molecule has 1 aliphatic rings. The van der Waals surface area contributed by atoms with Crippen molar-refractivity contribution in [3.8, 4) is 17.2 Å². The molecule has 2 aromatic rings. The van der Waals surface area contributed by atoms with E-state index in [1.807, 2.05) is 25.1 Å². The molecule has 0 bridgehead atoms. The Bertz CT molecular complexity index is 997. The Kier molecular flexibility index (Phi) is 7.88. The van der Waals surface area contributed by atoms with E-state index in [1.165, 1.54) is 11.8 Å². The zero-order valence-electron chi connectivity index (χ0n) is 16.3. The number of rotatable bonds is 8. The van der Waals surface area contributed by atoms with Crippen LogP contribution in [0.25, 0.3) is 6.08 Å². The first-order valence-electron chi connectivity index (χ1n) is 9.07. The van der Waals surface area contributed by atoms with E-state index in [9.17, 15) is 4.79 Å². The van der Waals surface area contributed by atoms with Crippen LogP contribution in [0.3, 0.4) is 0 Å². The van der Waals surface area contributed by atoms with Crippen molar-refractivity contribution in [3.63, 3.8) is 0 Å². The summed E-state index contributed by atoms with van der Waals surface area (Å²) < 4.78 is 17.3. The Morgan fingerprint density at radius 1 is 1.13 bits per heavy atom. The van der Waals surface area contributed by atoms with Crippen molar-refractivity contribution in [1.82, 2.24) is 4.90 Å². The number of methoxy groups -OCH3 is 1. The lowest BCUT2D eigenvalue weighted by molar-refractivity contribution is -0.121. The number of benzene rings is 2. The Morgan fingerprint density at radius 3 is 2.57 bits per heavy atom. The number of ether oxygens (including phenoxy) is 3. The van der Waals surface area contributed by atoms with Crippen LogP contribution in [0.5, 0.6) is 17.2 Å². The summed E-state index contributed by atoms with van der Waals surface area (Å²) in [6.07, 6.45) is 1.70.